The average molecular weight is 378 g/mol. The molecule has 2 aromatic carbocycles. The van der Waals surface area contributed by atoms with Gasteiger partial charge in [0.2, 0.25) is 11.7 Å². The zero-order valence-corrected chi connectivity index (χ0v) is 13.7. The Labute approximate surface area is 145 Å². The molecule has 0 aliphatic rings. The quantitative estimate of drug-likeness (QED) is 0.450. The number of hydrogen-bond donors (Lipinski definition) is 1. The van der Waals surface area contributed by atoms with E-state index in [1.165, 1.54) is 0 Å². The van der Waals surface area contributed by atoms with Crippen LogP contribution >= 0.6 is 11.6 Å². The van der Waals surface area contributed by atoms with Gasteiger partial charge in [0.25, 0.3) is 0 Å². The highest BCUT2D eigenvalue weighted by Gasteiger charge is 2.27. The topological polar surface area (TPSA) is 29.1 Å². The van der Waals surface area contributed by atoms with Gasteiger partial charge in [0.1, 0.15) is 0 Å². The summed E-state index contributed by atoms with van der Waals surface area (Å²) < 4.78 is 66.6. The predicted molar refractivity (Wildman–Crippen MR) is 82.6 cm³/mol. The van der Waals surface area contributed by atoms with Crippen LogP contribution in [0.5, 0.6) is 0 Å². The summed E-state index contributed by atoms with van der Waals surface area (Å²) in [5.41, 5.74) is -0.475. The van der Waals surface area contributed by atoms with E-state index in [4.69, 9.17) is 11.6 Å². The van der Waals surface area contributed by atoms with E-state index in [2.05, 4.69) is 5.32 Å². The van der Waals surface area contributed by atoms with Crippen molar-refractivity contribution in [3.63, 3.8) is 0 Å². The van der Waals surface area contributed by atoms with Gasteiger partial charge in [-0.05, 0) is 24.1 Å². The van der Waals surface area contributed by atoms with Gasteiger partial charge in [0, 0.05) is 10.6 Å². The first-order valence-electron chi connectivity index (χ1n) is 7.31. The highest BCUT2D eigenvalue weighted by atomic mass is 35.5. The van der Waals surface area contributed by atoms with Crippen molar-refractivity contribution in [2.75, 3.05) is 0 Å². The van der Waals surface area contributed by atoms with Crippen molar-refractivity contribution in [2.45, 2.75) is 25.8 Å². The van der Waals surface area contributed by atoms with E-state index >= 15 is 0 Å². The monoisotopic (exact) mass is 377 g/mol. The number of benzene rings is 2. The second-order valence-electron chi connectivity index (χ2n) is 5.31. The molecular weight excluding hydrogens is 365 g/mol. The summed E-state index contributed by atoms with van der Waals surface area (Å²) >= 11 is 5.78. The minimum absolute atomic E-state index is 0.449. The second-order valence-corrected chi connectivity index (χ2v) is 5.74. The van der Waals surface area contributed by atoms with E-state index in [0.717, 1.165) is 0 Å². The smallest absolute Gasteiger partial charge is 0.225 e. The zero-order valence-electron chi connectivity index (χ0n) is 13.0. The number of hydrogen-bond acceptors (Lipinski definition) is 1. The molecule has 0 spiro atoms. The molecule has 2 rings (SSSR count). The van der Waals surface area contributed by atoms with Crippen LogP contribution in [0.25, 0.3) is 0 Å². The van der Waals surface area contributed by atoms with Crippen LogP contribution in [0.4, 0.5) is 22.0 Å². The SMILES string of the molecule is CCC(NC(=O)Cc1c(F)c(F)c(F)c(F)c1F)c1ccc(Cl)cc1. The van der Waals surface area contributed by atoms with Crippen molar-refractivity contribution in [3.05, 3.63) is 69.5 Å². The third-order valence-electron chi connectivity index (χ3n) is 3.65. The van der Waals surface area contributed by atoms with Gasteiger partial charge in [-0.2, -0.15) is 0 Å². The first kappa shape index (κ1) is 19.2. The van der Waals surface area contributed by atoms with Gasteiger partial charge in [-0.1, -0.05) is 30.7 Å². The Morgan fingerprint density at radius 3 is 1.92 bits per heavy atom. The van der Waals surface area contributed by atoms with Gasteiger partial charge in [-0.25, -0.2) is 22.0 Å². The molecule has 0 fully saturated rings. The lowest BCUT2D eigenvalue weighted by Gasteiger charge is -2.18. The van der Waals surface area contributed by atoms with Crippen LogP contribution in [0.2, 0.25) is 5.02 Å². The molecule has 0 bridgehead atoms. The van der Waals surface area contributed by atoms with Gasteiger partial charge < -0.3 is 5.32 Å². The Hall–Kier alpha value is -2.15. The van der Waals surface area contributed by atoms with E-state index in [1.807, 2.05) is 0 Å². The Kier molecular flexibility index (Phi) is 6.00. The van der Waals surface area contributed by atoms with Crippen molar-refractivity contribution in [2.24, 2.45) is 0 Å². The fraction of sp³-hybridized carbons (Fsp3) is 0.235. The molecule has 8 heteroatoms. The fourth-order valence-corrected chi connectivity index (χ4v) is 2.45. The van der Waals surface area contributed by atoms with Crippen LogP contribution in [-0.2, 0) is 11.2 Å². The molecule has 1 unspecified atom stereocenters. The Bertz CT molecular complexity index is 766. The lowest BCUT2D eigenvalue weighted by molar-refractivity contribution is -0.121. The van der Waals surface area contributed by atoms with Gasteiger partial charge in [-0.15, -0.1) is 0 Å². The lowest BCUT2D eigenvalue weighted by Crippen LogP contribution is -2.30. The molecule has 0 saturated carbocycles. The fourth-order valence-electron chi connectivity index (χ4n) is 2.33. The van der Waals surface area contributed by atoms with E-state index in [1.54, 1.807) is 31.2 Å². The van der Waals surface area contributed by atoms with Crippen LogP contribution in [0.15, 0.2) is 24.3 Å². The normalized spacial score (nSPS) is 12.1. The maximum atomic E-state index is 13.6. The molecule has 0 aliphatic heterocycles. The predicted octanol–water partition coefficient (Wildman–Crippen LogP) is 4.85. The summed E-state index contributed by atoms with van der Waals surface area (Å²) in [7, 11) is 0. The van der Waals surface area contributed by atoms with Gasteiger partial charge >= 0.3 is 0 Å². The van der Waals surface area contributed by atoms with Crippen LogP contribution in [0, 0.1) is 29.1 Å². The van der Waals surface area contributed by atoms with Crippen LogP contribution in [0.1, 0.15) is 30.5 Å². The first-order chi connectivity index (χ1) is 11.8. The summed E-state index contributed by atoms with van der Waals surface area (Å²) in [4.78, 5) is 12.0. The summed E-state index contributed by atoms with van der Waals surface area (Å²) in [6.07, 6.45) is -0.527. The molecule has 1 N–H and O–H groups in total. The van der Waals surface area contributed by atoms with Crippen molar-refractivity contribution in [1.29, 1.82) is 0 Å². The summed E-state index contributed by atoms with van der Waals surface area (Å²) in [6, 6.07) is 6.04. The third kappa shape index (κ3) is 4.10. The van der Waals surface area contributed by atoms with Gasteiger partial charge in [0.15, 0.2) is 23.3 Å². The van der Waals surface area contributed by atoms with Gasteiger partial charge in [-0.3, -0.25) is 4.79 Å². The van der Waals surface area contributed by atoms with E-state index in [-0.39, 0.29) is 0 Å². The molecule has 0 radical (unpaired) electrons. The molecule has 134 valence electrons. The summed E-state index contributed by atoms with van der Waals surface area (Å²) in [6.45, 7) is 1.76. The van der Waals surface area contributed by atoms with Crippen molar-refractivity contribution in [1.82, 2.24) is 5.32 Å². The maximum absolute atomic E-state index is 13.6. The molecule has 2 nitrogen and oxygen atoms in total. The highest BCUT2D eigenvalue weighted by molar-refractivity contribution is 6.30. The van der Waals surface area contributed by atoms with E-state index in [9.17, 15) is 26.7 Å². The van der Waals surface area contributed by atoms with Crippen LogP contribution in [0.3, 0.4) is 0 Å². The Morgan fingerprint density at radius 1 is 0.960 bits per heavy atom. The minimum Gasteiger partial charge on any atom is -0.349 e. The molecule has 1 atom stereocenters. The molecular formula is C17H13ClF5NO. The molecule has 0 aliphatic carbocycles. The van der Waals surface area contributed by atoms with Crippen molar-refractivity contribution < 1.29 is 26.7 Å². The second kappa shape index (κ2) is 7.82. The van der Waals surface area contributed by atoms with Crippen LogP contribution in [-0.4, -0.2) is 5.91 Å². The number of halogens is 6. The molecule has 0 aromatic heterocycles. The standard InChI is InChI=1S/C17H13ClF5NO/c1-2-11(8-3-5-9(18)6-4-8)24-12(25)7-10-13(19)15(21)17(23)16(22)14(10)20/h3-6,11H,2,7H2,1H3,(H,24,25). The summed E-state index contributed by atoms with van der Waals surface area (Å²) in [5, 5.41) is 3.00. The molecule has 0 heterocycles. The zero-order chi connectivity index (χ0) is 18.7. The van der Waals surface area contributed by atoms with Crippen molar-refractivity contribution >= 4 is 17.5 Å². The molecule has 1 amide bonds. The molecule has 2 aromatic rings. The Morgan fingerprint density at radius 2 is 1.44 bits per heavy atom. The number of carbonyl (C=O) groups excluding carboxylic acids is 1. The minimum atomic E-state index is -2.26. The van der Waals surface area contributed by atoms with Crippen LogP contribution < -0.4 is 5.32 Å². The number of carbonyl (C=O) groups is 1. The molecule has 25 heavy (non-hydrogen) atoms. The van der Waals surface area contributed by atoms with E-state index < -0.39 is 53.0 Å². The average Bonchev–Trinajstić information content (AvgIpc) is 2.60. The number of nitrogens with one attached hydrogen (secondary N) is 1. The third-order valence-corrected chi connectivity index (χ3v) is 3.91. The van der Waals surface area contributed by atoms with Crippen molar-refractivity contribution in [3.8, 4) is 0 Å². The number of amides is 1. The Balaban J connectivity index is 2.21. The lowest BCUT2D eigenvalue weighted by atomic mass is 10.0. The largest absolute Gasteiger partial charge is 0.349 e. The van der Waals surface area contributed by atoms with E-state index in [0.29, 0.717) is 17.0 Å². The maximum Gasteiger partial charge on any atom is 0.225 e. The molecule has 0 saturated heterocycles. The first-order valence-corrected chi connectivity index (χ1v) is 7.69. The van der Waals surface area contributed by atoms with Gasteiger partial charge in [0.05, 0.1) is 12.5 Å². The summed E-state index contributed by atoms with van der Waals surface area (Å²) in [5.74, 6) is -11.3. The number of rotatable bonds is 5. The highest BCUT2D eigenvalue weighted by Crippen LogP contribution is 2.24.